The fourth-order valence-corrected chi connectivity index (χ4v) is 6.25. The van der Waals surface area contributed by atoms with E-state index in [0.29, 0.717) is 18.8 Å². The minimum atomic E-state index is -3.60. The molecule has 0 atom stereocenters. The predicted molar refractivity (Wildman–Crippen MR) is 125 cm³/mol. The van der Waals surface area contributed by atoms with Gasteiger partial charge in [0.2, 0.25) is 10.0 Å². The van der Waals surface area contributed by atoms with Crippen molar-refractivity contribution >= 4 is 38.7 Å². The second-order valence-electron chi connectivity index (χ2n) is 8.99. The Labute approximate surface area is 188 Å². The van der Waals surface area contributed by atoms with Crippen LogP contribution in [0.15, 0.2) is 46.9 Å². The summed E-state index contributed by atoms with van der Waals surface area (Å²) >= 11 is 0. The molecule has 0 radical (unpaired) electrons. The fourth-order valence-electron chi connectivity index (χ4n) is 5.07. The summed E-state index contributed by atoms with van der Waals surface area (Å²) in [7, 11) is -3.60. The lowest BCUT2D eigenvalue weighted by atomic mass is 9.88. The van der Waals surface area contributed by atoms with Crippen molar-refractivity contribution in [3.63, 3.8) is 0 Å². The first-order chi connectivity index (χ1) is 15.5. The molecule has 1 aromatic heterocycles. The summed E-state index contributed by atoms with van der Waals surface area (Å²) in [6.07, 6.45) is 9.89. The topological polar surface area (TPSA) is 91.7 Å². The van der Waals surface area contributed by atoms with E-state index >= 15 is 0 Å². The minimum Gasteiger partial charge on any atom is -0.312 e. The lowest BCUT2D eigenvalue weighted by Crippen LogP contribution is -2.50. The first-order valence-electron chi connectivity index (χ1n) is 11.4. The number of amidine groups is 1. The van der Waals surface area contributed by atoms with E-state index in [1.165, 1.54) is 29.0 Å². The van der Waals surface area contributed by atoms with E-state index in [-0.39, 0.29) is 19.0 Å². The number of nitrogens with one attached hydrogen (secondary N) is 1. The van der Waals surface area contributed by atoms with Gasteiger partial charge in [0.1, 0.15) is 11.4 Å². The van der Waals surface area contributed by atoms with Crippen molar-refractivity contribution in [2.45, 2.75) is 50.5 Å². The molecule has 1 amide bonds. The number of sulfonamides is 1. The van der Waals surface area contributed by atoms with Crippen LogP contribution < -0.4 is 5.32 Å². The molecule has 168 valence electrons. The zero-order valence-electron chi connectivity index (χ0n) is 18.0. The zero-order chi connectivity index (χ0) is 22.2. The van der Waals surface area contributed by atoms with Crippen molar-refractivity contribution < 1.29 is 13.2 Å². The molecule has 1 aliphatic carbocycles. The van der Waals surface area contributed by atoms with Crippen LogP contribution in [0.3, 0.4) is 0 Å². The van der Waals surface area contributed by atoms with Crippen LogP contribution in [0, 0.1) is 5.92 Å². The Hall–Kier alpha value is -2.58. The van der Waals surface area contributed by atoms with Gasteiger partial charge >= 0.3 is 0 Å². The highest BCUT2D eigenvalue weighted by atomic mass is 32.2. The van der Waals surface area contributed by atoms with Gasteiger partial charge in [-0.2, -0.15) is 4.31 Å². The van der Waals surface area contributed by atoms with Crippen LogP contribution >= 0.6 is 0 Å². The molecule has 1 saturated heterocycles. The molecular weight excluding hydrogens is 424 g/mol. The number of pyridine rings is 1. The van der Waals surface area contributed by atoms with Crippen molar-refractivity contribution in [2.75, 3.05) is 13.1 Å². The normalized spacial score (nSPS) is 22.5. The lowest BCUT2D eigenvalue weighted by Gasteiger charge is -2.34. The van der Waals surface area contributed by atoms with E-state index in [9.17, 15) is 13.2 Å². The Morgan fingerprint density at radius 3 is 2.59 bits per heavy atom. The summed E-state index contributed by atoms with van der Waals surface area (Å²) < 4.78 is 27.4. The van der Waals surface area contributed by atoms with Crippen molar-refractivity contribution in [3.05, 3.63) is 47.5 Å². The number of carbonyl (C=O) groups excluding carboxylic acids is 1. The summed E-state index contributed by atoms with van der Waals surface area (Å²) in [6.45, 7) is 0.574. The molecule has 0 bridgehead atoms. The summed E-state index contributed by atoms with van der Waals surface area (Å²) in [5, 5.41) is 5.24. The van der Waals surface area contributed by atoms with Crippen molar-refractivity contribution in [1.29, 1.82) is 0 Å². The molecule has 7 nitrogen and oxygen atoms in total. The Bertz CT molecular complexity index is 1190. The number of hydrogen-bond acceptors (Lipinski definition) is 5. The minimum absolute atomic E-state index is 0.0625. The third-order valence-electron chi connectivity index (χ3n) is 6.98. The molecular formula is C24H28N4O3S. The Balaban J connectivity index is 1.29. The van der Waals surface area contributed by atoms with Crippen LogP contribution in [0.1, 0.15) is 50.5 Å². The molecule has 32 heavy (non-hydrogen) atoms. The molecule has 1 saturated carbocycles. The molecule has 2 fully saturated rings. The number of carbonyl (C=O) groups is 1. The third-order valence-corrected chi connectivity index (χ3v) is 8.55. The van der Waals surface area contributed by atoms with Gasteiger partial charge in [0.15, 0.2) is 0 Å². The van der Waals surface area contributed by atoms with Gasteiger partial charge in [-0.3, -0.25) is 14.8 Å². The predicted octanol–water partition coefficient (Wildman–Crippen LogP) is 3.48. The number of nitrogens with zero attached hydrogens (tertiary/aromatic N) is 3. The van der Waals surface area contributed by atoms with Gasteiger partial charge in [-0.15, -0.1) is 0 Å². The maximum absolute atomic E-state index is 13.0. The van der Waals surface area contributed by atoms with E-state index in [2.05, 4.69) is 10.3 Å². The number of piperidine rings is 1. The number of aromatic nitrogens is 1. The standard InChI is InChI=1S/C24H28N4O3S/c29-23-24(27-22(26-23)20-6-2-1-3-7-20)12-15-28(16-13-24)32(30,31)17-11-19-9-4-8-18-10-5-14-25-21(18)19/h4-5,8-11,14,17,20H,1-3,6-7,12-13,15-16H2,(H,26,27,29). The highest BCUT2D eigenvalue weighted by Gasteiger charge is 2.48. The summed E-state index contributed by atoms with van der Waals surface area (Å²) in [5.74, 6) is 1.10. The van der Waals surface area contributed by atoms with Gasteiger partial charge in [0, 0.05) is 41.6 Å². The second-order valence-corrected chi connectivity index (χ2v) is 10.8. The fraction of sp³-hybridized carbons (Fsp3) is 0.458. The summed E-state index contributed by atoms with van der Waals surface area (Å²) in [4.78, 5) is 22.0. The van der Waals surface area contributed by atoms with E-state index in [1.807, 2.05) is 30.3 Å². The monoisotopic (exact) mass is 452 g/mol. The molecule has 5 rings (SSSR count). The number of hydrogen-bond donors (Lipinski definition) is 1. The molecule has 1 N–H and O–H groups in total. The largest absolute Gasteiger partial charge is 0.312 e. The van der Waals surface area contributed by atoms with Crippen LogP contribution in [0.25, 0.3) is 17.0 Å². The van der Waals surface area contributed by atoms with Gasteiger partial charge < -0.3 is 5.32 Å². The van der Waals surface area contributed by atoms with Crippen LogP contribution in [-0.2, 0) is 14.8 Å². The van der Waals surface area contributed by atoms with Crippen molar-refractivity contribution in [3.8, 4) is 0 Å². The van der Waals surface area contributed by atoms with E-state index in [0.717, 1.165) is 35.1 Å². The average Bonchev–Trinajstić information content (AvgIpc) is 3.14. The number of benzene rings is 1. The van der Waals surface area contributed by atoms with Gasteiger partial charge in [0.05, 0.1) is 5.52 Å². The van der Waals surface area contributed by atoms with Gasteiger partial charge in [0.25, 0.3) is 5.91 Å². The number of aliphatic imine (C=N–C) groups is 1. The lowest BCUT2D eigenvalue weighted by molar-refractivity contribution is -0.124. The molecule has 1 aromatic carbocycles. The SMILES string of the molecule is O=C1NC(C2CCCCC2)=NC12CCN(S(=O)(=O)C=Cc1cccc3cccnc13)CC2. The van der Waals surface area contributed by atoms with Crippen molar-refractivity contribution in [2.24, 2.45) is 10.9 Å². The summed E-state index contributed by atoms with van der Waals surface area (Å²) in [5.41, 5.74) is 0.727. The third kappa shape index (κ3) is 3.97. The summed E-state index contributed by atoms with van der Waals surface area (Å²) in [6, 6.07) is 9.51. The number of para-hydroxylation sites is 1. The molecule has 1 spiro atoms. The maximum Gasteiger partial charge on any atom is 0.253 e. The first kappa shape index (κ1) is 21.3. The average molecular weight is 453 g/mol. The van der Waals surface area contributed by atoms with Gasteiger partial charge in [-0.25, -0.2) is 8.42 Å². The van der Waals surface area contributed by atoms with E-state index in [4.69, 9.17) is 4.99 Å². The highest BCUT2D eigenvalue weighted by Crippen LogP contribution is 2.35. The second kappa shape index (κ2) is 8.41. The molecule has 2 aromatic rings. The molecule has 3 aliphatic rings. The highest BCUT2D eigenvalue weighted by molar-refractivity contribution is 7.92. The van der Waals surface area contributed by atoms with Crippen LogP contribution in [0.5, 0.6) is 0 Å². The van der Waals surface area contributed by atoms with E-state index in [1.54, 1.807) is 12.3 Å². The van der Waals surface area contributed by atoms with Crippen molar-refractivity contribution in [1.82, 2.24) is 14.6 Å². The van der Waals surface area contributed by atoms with Gasteiger partial charge in [-0.05, 0) is 37.8 Å². The Kier molecular flexibility index (Phi) is 5.59. The number of rotatable bonds is 4. The molecule has 3 heterocycles. The number of amides is 1. The van der Waals surface area contributed by atoms with E-state index < -0.39 is 15.6 Å². The van der Waals surface area contributed by atoms with Crippen LogP contribution in [0.2, 0.25) is 0 Å². The number of fused-ring (bicyclic) bond motifs is 1. The smallest absolute Gasteiger partial charge is 0.253 e. The quantitative estimate of drug-likeness (QED) is 0.769. The zero-order valence-corrected chi connectivity index (χ0v) is 18.9. The molecule has 2 aliphatic heterocycles. The maximum atomic E-state index is 13.0. The Morgan fingerprint density at radius 2 is 1.81 bits per heavy atom. The van der Waals surface area contributed by atoms with Gasteiger partial charge in [-0.1, -0.05) is 43.5 Å². The first-order valence-corrected chi connectivity index (χ1v) is 12.9. The molecule has 0 unspecified atom stereocenters. The van der Waals surface area contributed by atoms with Crippen LogP contribution in [0.4, 0.5) is 0 Å². The van der Waals surface area contributed by atoms with Crippen LogP contribution in [-0.4, -0.2) is 48.1 Å². The Morgan fingerprint density at radius 1 is 1.06 bits per heavy atom. The molecule has 8 heteroatoms.